The van der Waals surface area contributed by atoms with Crippen molar-refractivity contribution in [3.8, 4) is 0 Å². The van der Waals surface area contributed by atoms with Gasteiger partial charge in [0.2, 0.25) is 0 Å². The maximum Gasteiger partial charge on any atom is 0.0965 e. The van der Waals surface area contributed by atoms with E-state index in [2.05, 4.69) is 18.0 Å². The Hall–Kier alpha value is -0.540. The van der Waals surface area contributed by atoms with E-state index in [0.717, 1.165) is 27.8 Å². The molecule has 1 aromatic heterocycles. The van der Waals surface area contributed by atoms with Crippen LogP contribution in [0.3, 0.4) is 0 Å². The number of rotatable bonds is 4. The van der Waals surface area contributed by atoms with Crippen LogP contribution in [-0.2, 0) is 0 Å². The summed E-state index contributed by atoms with van der Waals surface area (Å²) in [7, 11) is 0. The fourth-order valence-corrected chi connectivity index (χ4v) is 3.80. The molecule has 2 nitrogen and oxygen atoms in total. The first kappa shape index (κ1) is 13.9. The van der Waals surface area contributed by atoms with E-state index >= 15 is 0 Å². The lowest BCUT2D eigenvalue weighted by Crippen LogP contribution is -2.08. The first-order chi connectivity index (χ1) is 8.70. The van der Waals surface area contributed by atoms with Crippen LogP contribution in [0.5, 0.6) is 0 Å². The number of pyridine rings is 1. The summed E-state index contributed by atoms with van der Waals surface area (Å²) in [5.74, 6) is 0. The second kappa shape index (κ2) is 6.58. The Balaban J connectivity index is 2.03. The first-order valence-electron chi connectivity index (χ1n) is 7.02. The molecule has 0 saturated heterocycles. The summed E-state index contributed by atoms with van der Waals surface area (Å²) < 4.78 is 0. The molecule has 100 valence electrons. The highest BCUT2D eigenvalue weighted by molar-refractivity contribution is 7.99. The normalized spacial score (nSPS) is 18.8. The van der Waals surface area contributed by atoms with Crippen LogP contribution in [0, 0.1) is 6.92 Å². The van der Waals surface area contributed by atoms with Crippen molar-refractivity contribution in [1.82, 2.24) is 4.98 Å². The van der Waals surface area contributed by atoms with Crippen molar-refractivity contribution in [2.75, 3.05) is 0 Å². The molecule has 0 amide bonds. The number of nitrogens with zero attached hydrogens (tertiary/aromatic N) is 1. The number of thioether (sulfide) groups is 1. The molecule has 1 unspecified atom stereocenters. The van der Waals surface area contributed by atoms with Crippen molar-refractivity contribution < 1.29 is 5.11 Å². The van der Waals surface area contributed by atoms with E-state index in [1.54, 1.807) is 0 Å². The summed E-state index contributed by atoms with van der Waals surface area (Å²) in [6.45, 7) is 4.07. The molecule has 1 fully saturated rings. The highest BCUT2D eigenvalue weighted by Gasteiger charge is 2.16. The maximum atomic E-state index is 9.88. The van der Waals surface area contributed by atoms with Crippen LogP contribution >= 0.6 is 11.8 Å². The van der Waals surface area contributed by atoms with Gasteiger partial charge in [0.05, 0.1) is 11.1 Å². The predicted octanol–water partition coefficient (Wildman–Crippen LogP) is 4.26. The van der Waals surface area contributed by atoms with E-state index in [0.29, 0.717) is 0 Å². The van der Waals surface area contributed by atoms with Gasteiger partial charge >= 0.3 is 0 Å². The zero-order chi connectivity index (χ0) is 13.0. The van der Waals surface area contributed by atoms with Gasteiger partial charge in [0.15, 0.2) is 0 Å². The van der Waals surface area contributed by atoms with Crippen LogP contribution in [-0.4, -0.2) is 15.3 Å². The minimum atomic E-state index is -0.369. The van der Waals surface area contributed by atoms with Crippen molar-refractivity contribution >= 4 is 11.8 Å². The molecule has 2 rings (SSSR count). The monoisotopic (exact) mass is 265 g/mol. The van der Waals surface area contributed by atoms with Crippen molar-refractivity contribution in [2.24, 2.45) is 0 Å². The molecule has 0 bridgehead atoms. The first-order valence-corrected chi connectivity index (χ1v) is 7.90. The lowest BCUT2D eigenvalue weighted by molar-refractivity contribution is 0.172. The Kier molecular flexibility index (Phi) is 5.07. The lowest BCUT2D eigenvalue weighted by Gasteiger charge is -2.21. The van der Waals surface area contributed by atoms with Gasteiger partial charge in [0.1, 0.15) is 0 Å². The zero-order valence-corrected chi connectivity index (χ0v) is 12.2. The summed E-state index contributed by atoms with van der Waals surface area (Å²) in [5.41, 5.74) is 2.14. The van der Waals surface area contributed by atoms with Gasteiger partial charge in [-0.15, -0.1) is 11.8 Å². The molecule has 18 heavy (non-hydrogen) atoms. The molecular weight excluding hydrogens is 242 g/mol. The van der Waals surface area contributed by atoms with Gasteiger partial charge in [-0.25, -0.2) is 4.98 Å². The van der Waals surface area contributed by atoms with Gasteiger partial charge in [-0.1, -0.05) is 26.2 Å². The van der Waals surface area contributed by atoms with Crippen molar-refractivity contribution in [2.45, 2.75) is 68.8 Å². The third-order valence-corrected chi connectivity index (χ3v) is 4.98. The molecule has 1 atom stereocenters. The van der Waals surface area contributed by atoms with Gasteiger partial charge in [-0.3, -0.25) is 0 Å². The van der Waals surface area contributed by atoms with Crippen LogP contribution in [0.15, 0.2) is 17.3 Å². The largest absolute Gasteiger partial charge is 0.388 e. The molecular formula is C15H23NOS. The summed E-state index contributed by atoms with van der Waals surface area (Å²) in [6.07, 6.45) is 9.01. The van der Waals surface area contributed by atoms with Gasteiger partial charge in [-0.2, -0.15) is 0 Å². The van der Waals surface area contributed by atoms with Gasteiger partial charge in [0, 0.05) is 17.0 Å². The number of aliphatic hydroxyl groups excluding tert-OH is 1. The summed E-state index contributed by atoms with van der Waals surface area (Å²) >= 11 is 1.91. The zero-order valence-electron chi connectivity index (χ0n) is 11.4. The maximum absolute atomic E-state index is 9.88. The Morgan fingerprint density at radius 3 is 2.72 bits per heavy atom. The highest BCUT2D eigenvalue weighted by atomic mass is 32.2. The SMILES string of the molecule is CCC(O)c1cnc(SC2CCCCC2)cc1C. The molecule has 0 spiro atoms. The molecule has 3 heteroatoms. The Morgan fingerprint density at radius 1 is 1.39 bits per heavy atom. The third kappa shape index (κ3) is 3.48. The lowest BCUT2D eigenvalue weighted by atomic mass is 10.0. The number of hydrogen-bond donors (Lipinski definition) is 1. The van der Waals surface area contributed by atoms with E-state index in [1.807, 2.05) is 24.9 Å². The minimum absolute atomic E-state index is 0.369. The average molecular weight is 265 g/mol. The quantitative estimate of drug-likeness (QED) is 0.883. The van der Waals surface area contributed by atoms with Gasteiger partial charge in [-0.05, 0) is 37.8 Å². The van der Waals surface area contributed by atoms with E-state index in [4.69, 9.17) is 0 Å². The fraction of sp³-hybridized carbons (Fsp3) is 0.667. The van der Waals surface area contributed by atoms with Crippen LogP contribution in [0.25, 0.3) is 0 Å². The van der Waals surface area contributed by atoms with E-state index in [1.165, 1.54) is 32.1 Å². The molecule has 1 aromatic rings. The summed E-state index contributed by atoms with van der Waals surface area (Å²) in [4.78, 5) is 4.51. The van der Waals surface area contributed by atoms with E-state index in [-0.39, 0.29) is 6.10 Å². The van der Waals surface area contributed by atoms with Crippen LogP contribution < -0.4 is 0 Å². The van der Waals surface area contributed by atoms with Crippen LogP contribution in [0.1, 0.15) is 62.7 Å². The summed E-state index contributed by atoms with van der Waals surface area (Å²) in [5, 5.41) is 11.7. The molecule has 0 radical (unpaired) electrons. The van der Waals surface area contributed by atoms with Gasteiger partial charge in [0.25, 0.3) is 0 Å². The number of aliphatic hydroxyl groups is 1. The molecule has 1 saturated carbocycles. The topological polar surface area (TPSA) is 33.1 Å². The van der Waals surface area contributed by atoms with Crippen molar-refractivity contribution in [3.05, 3.63) is 23.4 Å². The molecule has 1 heterocycles. The fourth-order valence-electron chi connectivity index (χ4n) is 2.53. The number of hydrogen-bond acceptors (Lipinski definition) is 3. The Morgan fingerprint density at radius 2 is 2.11 bits per heavy atom. The smallest absolute Gasteiger partial charge is 0.0965 e. The molecule has 1 aliphatic rings. The van der Waals surface area contributed by atoms with Gasteiger partial charge < -0.3 is 5.11 Å². The third-order valence-electron chi connectivity index (χ3n) is 3.71. The predicted molar refractivity (Wildman–Crippen MR) is 77.0 cm³/mol. The standard InChI is InChI=1S/C15H23NOS/c1-3-14(17)13-10-16-15(9-11(13)2)18-12-7-5-4-6-8-12/h9-10,12,14,17H,3-8H2,1-2H3. The van der Waals surface area contributed by atoms with Crippen molar-refractivity contribution in [3.63, 3.8) is 0 Å². The number of aryl methyl sites for hydroxylation is 1. The van der Waals surface area contributed by atoms with E-state index in [9.17, 15) is 5.11 Å². The average Bonchev–Trinajstić information content (AvgIpc) is 2.39. The molecule has 0 aliphatic heterocycles. The van der Waals surface area contributed by atoms with E-state index < -0.39 is 0 Å². The second-order valence-corrected chi connectivity index (χ2v) is 6.50. The minimum Gasteiger partial charge on any atom is -0.388 e. The van der Waals surface area contributed by atoms with Crippen LogP contribution in [0.2, 0.25) is 0 Å². The second-order valence-electron chi connectivity index (χ2n) is 5.18. The molecule has 1 aliphatic carbocycles. The molecule has 1 N–H and O–H groups in total. The van der Waals surface area contributed by atoms with Crippen LogP contribution in [0.4, 0.5) is 0 Å². The summed E-state index contributed by atoms with van der Waals surface area (Å²) in [6, 6.07) is 2.13. The highest BCUT2D eigenvalue weighted by Crippen LogP contribution is 2.33. The molecule has 0 aromatic carbocycles. The Labute approximate surface area is 114 Å². The Bertz CT molecular complexity index is 388. The number of aromatic nitrogens is 1. The van der Waals surface area contributed by atoms with Crippen molar-refractivity contribution in [1.29, 1.82) is 0 Å².